The van der Waals surface area contributed by atoms with E-state index in [1.165, 1.54) is 99.2 Å². The third kappa shape index (κ3) is 13.1. The van der Waals surface area contributed by atoms with E-state index >= 15 is 0 Å². The van der Waals surface area contributed by atoms with E-state index in [-0.39, 0.29) is 57.1 Å². The zero-order valence-electron chi connectivity index (χ0n) is 41.8. The van der Waals surface area contributed by atoms with Gasteiger partial charge in [0.2, 0.25) is 12.6 Å². The minimum atomic E-state index is -2.13. The molecule has 16 atom stereocenters. The van der Waals surface area contributed by atoms with Gasteiger partial charge in [-0.3, -0.25) is 0 Å². The number of methoxy groups -OCH3 is 2. The number of ether oxygens (including phenoxy) is 11. The van der Waals surface area contributed by atoms with Crippen LogP contribution in [0.2, 0.25) is 0 Å². The van der Waals surface area contributed by atoms with Crippen LogP contribution in [0.3, 0.4) is 0 Å². The Labute approximate surface area is 448 Å². The molecule has 0 spiro atoms. The van der Waals surface area contributed by atoms with Crippen LogP contribution in [-0.2, 0) is 42.7 Å². The third-order valence-electron chi connectivity index (χ3n) is 13.0. The van der Waals surface area contributed by atoms with Gasteiger partial charge in [-0.1, -0.05) is 24.3 Å². The summed E-state index contributed by atoms with van der Waals surface area (Å²) >= 11 is 0. The second kappa shape index (κ2) is 25.2. The van der Waals surface area contributed by atoms with Crippen molar-refractivity contribution in [1.82, 2.24) is 0 Å². The fourth-order valence-corrected chi connectivity index (χ4v) is 8.78. The molecule has 26 heteroatoms. The van der Waals surface area contributed by atoms with E-state index in [1.807, 2.05) is 0 Å². The number of aromatic hydroxyl groups is 4. The average Bonchev–Trinajstić information content (AvgIpc) is 3.57. The fourth-order valence-electron chi connectivity index (χ4n) is 8.78. The summed E-state index contributed by atoms with van der Waals surface area (Å²) in [7, 11) is 2.65. The quantitative estimate of drug-likeness (QED) is 0.0435. The number of benzene rings is 4. The van der Waals surface area contributed by atoms with Crippen molar-refractivity contribution in [3.8, 4) is 46.0 Å². The van der Waals surface area contributed by atoms with Crippen molar-refractivity contribution in [3.63, 3.8) is 0 Å². The van der Waals surface area contributed by atoms with Gasteiger partial charge in [0, 0.05) is 29.8 Å². The van der Waals surface area contributed by atoms with Gasteiger partial charge in [0.05, 0.1) is 33.0 Å². The summed E-state index contributed by atoms with van der Waals surface area (Å²) < 4.78 is 63.5. The van der Waals surface area contributed by atoms with E-state index in [1.54, 1.807) is 0 Å². The number of aliphatic hydroxyl groups is 9. The lowest BCUT2D eigenvalue weighted by atomic mass is 9.96. The first kappa shape index (κ1) is 57.9. The van der Waals surface area contributed by atoms with Gasteiger partial charge in [0.25, 0.3) is 0 Å². The molecular formula is C53H58O26. The van der Waals surface area contributed by atoms with E-state index in [9.17, 15) is 76.0 Å². The maximum atomic E-state index is 13.2. The van der Waals surface area contributed by atoms with Crippen molar-refractivity contribution in [2.45, 2.75) is 98.2 Å². The minimum absolute atomic E-state index is 0.0498. The molecule has 4 aromatic rings. The molecule has 0 aliphatic carbocycles. The Morgan fingerprint density at radius 1 is 0.557 bits per heavy atom. The van der Waals surface area contributed by atoms with Crippen molar-refractivity contribution in [2.75, 3.05) is 34.0 Å². The Hall–Kier alpha value is -7.28. The number of fused-ring (bicyclic) bond motifs is 1. The summed E-state index contributed by atoms with van der Waals surface area (Å²) in [5.74, 6) is -3.50. The van der Waals surface area contributed by atoms with E-state index in [0.717, 1.165) is 18.2 Å². The number of carbonyl (C=O) groups is 2. The number of rotatable bonds is 18. The third-order valence-corrected chi connectivity index (χ3v) is 13.0. The summed E-state index contributed by atoms with van der Waals surface area (Å²) in [5.41, 5.74) is 1.00. The van der Waals surface area contributed by atoms with Crippen molar-refractivity contribution in [1.29, 1.82) is 0 Å². The molecular weight excluding hydrogens is 1050 g/mol. The molecule has 426 valence electrons. The summed E-state index contributed by atoms with van der Waals surface area (Å²) in [6, 6.07) is 16.1. The van der Waals surface area contributed by atoms with Crippen LogP contribution in [0.5, 0.6) is 46.0 Å². The molecule has 0 aromatic heterocycles. The first-order chi connectivity index (χ1) is 37.8. The largest absolute Gasteiger partial charge is 0.508 e. The fraction of sp³-hybridized carbons (Fsp3) is 0.396. The van der Waals surface area contributed by atoms with Crippen molar-refractivity contribution < 1.29 is 128 Å². The SMILES string of the molecule is COc1cc(C=CC(=O)OCC2OC(OC3=Cc4c(cc(O)cc4OC4OC(CO)C(O)C(O)C4O)OC3c3ccc(O)cc3)C(OC3OC(CO)C(O)C(OC(=O)C=Cc4ccc(O)c(OC)c4)C3O)C(O)C2O)ccc1O. The smallest absolute Gasteiger partial charge is 0.331 e. The van der Waals surface area contributed by atoms with Crippen molar-refractivity contribution >= 4 is 30.2 Å². The van der Waals surface area contributed by atoms with Crippen molar-refractivity contribution in [2.24, 2.45) is 0 Å². The molecule has 0 radical (unpaired) electrons. The average molecular weight is 1110 g/mol. The van der Waals surface area contributed by atoms with E-state index in [0.29, 0.717) is 11.1 Å². The number of phenols is 4. The number of aliphatic hydroxyl groups excluding tert-OH is 9. The zero-order chi connectivity index (χ0) is 56.8. The molecule has 8 rings (SSSR count). The molecule has 4 aliphatic heterocycles. The van der Waals surface area contributed by atoms with E-state index < -0.39 is 136 Å². The molecule has 3 saturated heterocycles. The van der Waals surface area contributed by atoms with Crippen LogP contribution >= 0.6 is 0 Å². The molecule has 0 saturated carbocycles. The Kier molecular flexibility index (Phi) is 18.5. The van der Waals surface area contributed by atoms with E-state index in [2.05, 4.69) is 0 Å². The Bertz CT molecular complexity index is 2850. The Balaban J connectivity index is 1.12. The topological polar surface area (TPSA) is 399 Å². The van der Waals surface area contributed by atoms with Crippen LogP contribution in [0.4, 0.5) is 0 Å². The highest BCUT2D eigenvalue weighted by atomic mass is 16.8. The normalized spacial score (nSPS) is 30.6. The van der Waals surface area contributed by atoms with Crippen LogP contribution in [0.15, 0.2) is 90.7 Å². The molecule has 16 unspecified atom stereocenters. The lowest BCUT2D eigenvalue weighted by molar-refractivity contribution is -0.364. The monoisotopic (exact) mass is 1110 g/mol. The maximum Gasteiger partial charge on any atom is 0.331 e. The molecule has 4 aliphatic rings. The second-order valence-corrected chi connectivity index (χ2v) is 18.3. The highest BCUT2D eigenvalue weighted by Gasteiger charge is 2.54. The molecule has 13 N–H and O–H groups in total. The predicted octanol–water partition coefficient (Wildman–Crippen LogP) is -0.651. The number of hydrogen-bond donors (Lipinski definition) is 13. The first-order valence-corrected chi connectivity index (χ1v) is 24.3. The zero-order valence-corrected chi connectivity index (χ0v) is 41.8. The second-order valence-electron chi connectivity index (χ2n) is 18.3. The molecule has 4 aromatic carbocycles. The van der Waals surface area contributed by atoms with Gasteiger partial charge in [0.15, 0.2) is 47.6 Å². The van der Waals surface area contributed by atoms with Crippen molar-refractivity contribution in [3.05, 3.63) is 113 Å². The molecule has 26 nitrogen and oxygen atoms in total. The standard InChI is InChI=1S/C53H58O26/c1-69-33-15-23(3-11-29(33)58)5-13-39(60)71-22-38-42(63)45(66)50(79-52-47(68)49(43(64)37(21-55)76-52)78-40(61)14-6-24-4-12-30(59)34(16-24)70-2)53(77-38)74-35-19-28-31(72-48(35)25-7-9-26(56)10-8-25)17-27(57)18-32(28)73-51-46(67)44(65)41(62)36(20-54)75-51/h3-19,36-38,41-59,62-68H,20-22H2,1-2H3. The molecule has 3 fully saturated rings. The van der Waals surface area contributed by atoms with Gasteiger partial charge >= 0.3 is 11.9 Å². The minimum Gasteiger partial charge on any atom is -0.508 e. The predicted molar refractivity (Wildman–Crippen MR) is 265 cm³/mol. The number of carbonyl (C=O) groups excluding carboxylic acids is 2. The van der Waals surface area contributed by atoms with Crippen LogP contribution in [0, 0.1) is 0 Å². The van der Waals surface area contributed by atoms with Crippen LogP contribution in [-0.4, -0.2) is 204 Å². The molecule has 79 heavy (non-hydrogen) atoms. The van der Waals surface area contributed by atoms with Gasteiger partial charge < -0.3 is 118 Å². The van der Waals surface area contributed by atoms with Gasteiger partial charge in [-0.15, -0.1) is 0 Å². The van der Waals surface area contributed by atoms with Crippen LogP contribution < -0.4 is 18.9 Å². The lowest BCUT2D eigenvalue weighted by Crippen LogP contribution is -2.65. The summed E-state index contributed by atoms with van der Waals surface area (Å²) in [6.45, 7) is -2.52. The molecule has 0 bridgehead atoms. The number of esters is 2. The van der Waals surface area contributed by atoms with Gasteiger partial charge in [-0.2, -0.15) is 0 Å². The highest BCUT2D eigenvalue weighted by Crippen LogP contribution is 2.46. The van der Waals surface area contributed by atoms with Gasteiger partial charge in [0.1, 0.15) is 96.4 Å². The van der Waals surface area contributed by atoms with Gasteiger partial charge in [-0.25, -0.2) is 9.59 Å². The first-order valence-electron chi connectivity index (χ1n) is 24.3. The molecule has 0 amide bonds. The lowest BCUT2D eigenvalue weighted by Gasteiger charge is -2.46. The van der Waals surface area contributed by atoms with Crippen LogP contribution in [0.1, 0.15) is 28.4 Å². The molecule has 4 heterocycles. The summed E-state index contributed by atoms with van der Waals surface area (Å²) in [6.07, 6.45) is -23.6. The maximum absolute atomic E-state index is 13.2. The number of hydrogen-bond acceptors (Lipinski definition) is 26. The Morgan fingerprint density at radius 2 is 1.14 bits per heavy atom. The summed E-state index contributed by atoms with van der Waals surface area (Å²) in [5, 5.41) is 139. The van der Waals surface area contributed by atoms with Gasteiger partial charge in [-0.05, 0) is 65.8 Å². The highest BCUT2D eigenvalue weighted by molar-refractivity contribution is 5.88. The van der Waals surface area contributed by atoms with Crippen LogP contribution in [0.25, 0.3) is 18.2 Å². The van der Waals surface area contributed by atoms with E-state index in [4.69, 9.17) is 52.1 Å². The Morgan fingerprint density at radius 3 is 1.76 bits per heavy atom. The number of phenolic OH excluding ortho intramolecular Hbond substituents is 4. The summed E-state index contributed by atoms with van der Waals surface area (Å²) in [4.78, 5) is 26.3.